The Balaban J connectivity index is 2.28. The molecule has 0 N–H and O–H groups in total. The lowest BCUT2D eigenvalue weighted by molar-refractivity contribution is 0.112. The summed E-state index contributed by atoms with van der Waals surface area (Å²) in [5, 5.41) is 0. The van der Waals surface area contributed by atoms with Gasteiger partial charge < -0.3 is 14.5 Å². The van der Waals surface area contributed by atoms with Crippen LogP contribution in [0.15, 0.2) is 36.4 Å². The van der Waals surface area contributed by atoms with Gasteiger partial charge in [-0.2, -0.15) is 0 Å². The molecule has 0 saturated carbocycles. The van der Waals surface area contributed by atoms with Crippen molar-refractivity contribution in [2.24, 2.45) is 0 Å². The van der Waals surface area contributed by atoms with Crippen LogP contribution in [0.2, 0.25) is 0 Å². The van der Waals surface area contributed by atoms with E-state index < -0.39 is 17.4 Å². The molecule has 1 aliphatic heterocycles. The molecule has 0 bridgehead atoms. The van der Waals surface area contributed by atoms with Gasteiger partial charge in [0.05, 0.1) is 0 Å². The third-order valence-corrected chi connectivity index (χ3v) is 7.67. The fourth-order valence-corrected chi connectivity index (χ4v) is 5.59. The second-order valence-corrected chi connectivity index (χ2v) is 11.2. The average Bonchev–Trinajstić information content (AvgIpc) is 3.01. The molecule has 1 heterocycles. The number of rotatable bonds is 7. The number of nitrogens with zero attached hydrogens (tertiary/aromatic N) is 2. The maximum Gasteiger partial charge on any atom is 0.212 e. The van der Waals surface area contributed by atoms with Crippen LogP contribution in [-0.4, -0.2) is 24.5 Å². The molecule has 1 saturated heterocycles. The van der Waals surface area contributed by atoms with Crippen LogP contribution < -0.4 is 9.80 Å². The van der Waals surface area contributed by atoms with Gasteiger partial charge in [-0.3, -0.25) is 0 Å². The van der Waals surface area contributed by atoms with E-state index in [2.05, 4.69) is 102 Å². The van der Waals surface area contributed by atoms with E-state index in [1.54, 1.807) is 7.11 Å². The summed E-state index contributed by atoms with van der Waals surface area (Å²) in [5.74, 6) is 1.38. The SMILES string of the molecule is COC1N(c2c(C(C)C)cccc2C(C)C)C(Cl)C(Cl)N1c1c(C(C)C)cccc1C(C)C. The lowest BCUT2D eigenvalue weighted by Gasteiger charge is -2.37. The van der Waals surface area contributed by atoms with Crippen LogP contribution in [0, 0.1) is 0 Å². The number of alkyl halides is 2. The summed E-state index contributed by atoms with van der Waals surface area (Å²) in [7, 11) is 1.75. The monoisotopic (exact) mass is 490 g/mol. The van der Waals surface area contributed by atoms with Gasteiger partial charge in [-0.25, -0.2) is 0 Å². The van der Waals surface area contributed by atoms with Crippen molar-refractivity contribution in [1.29, 1.82) is 0 Å². The van der Waals surface area contributed by atoms with Crippen molar-refractivity contribution in [2.75, 3.05) is 16.9 Å². The van der Waals surface area contributed by atoms with Crippen molar-refractivity contribution < 1.29 is 4.74 Å². The Hall–Kier alpha value is -1.42. The first-order valence-corrected chi connectivity index (χ1v) is 13.0. The molecule has 1 aliphatic rings. The fourth-order valence-electron chi connectivity index (χ4n) is 4.96. The lowest BCUT2D eigenvalue weighted by Crippen LogP contribution is -2.43. The normalized spacial score (nSPS) is 21.4. The standard InChI is InChI=1S/C28H40Cl2N2O/c1-16(2)20-12-10-13-21(17(3)4)24(20)31-26(29)27(30)32(28(31)33-9)25-22(18(5)6)14-11-15-23(25)19(7)8/h10-19,26-28H,1-9H3. The fraction of sp³-hybridized carbons (Fsp3) is 0.571. The number of anilines is 2. The predicted molar refractivity (Wildman–Crippen MR) is 144 cm³/mol. The van der Waals surface area contributed by atoms with E-state index in [0.717, 1.165) is 11.4 Å². The summed E-state index contributed by atoms with van der Waals surface area (Å²) in [6.45, 7) is 17.8. The molecule has 2 aromatic rings. The highest BCUT2D eigenvalue weighted by molar-refractivity contribution is 6.32. The van der Waals surface area contributed by atoms with Crippen LogP contribution in [0.3, 0.4) is 0 Å². The van der Waals surface area contributed by atoms with E-state index in [9.17, 15) is 0 Å². The number of halogens is 2. The zero-order valence-electron chi connectivity index (χ0n) is 21.6. The topological polar surface area (TPSA) is 15.7 Å². The number of benzene rings is 2. The Morgan fingerprint density at radius 2 is 0.879 bits per heavy atom. The third-order valence-electron chi connectivity index (χ3n) is 6.65. The molecule has 3 rings (SSSR count). The number of methoxy groups -OCH3 is 1. The largest absolute Gasteiger partial charge is 0.344 e. The van der Waals surface area contributed by atoms with E-state index >= 15 is 0 Å². The van der Waals surface area contributed by atoms with Gasteiger partial charge >= 0.3 is 0 Å². The highest BCUT2D eigenvalue weighted by Gasteiger charge is 2.49. The zero-order chi connectivity index (χ0) is 24.6. The molecule has 0 radical (unpaired) electrons. The number of para-hydroxylation sites is 2. The molecule has 5 heteroatoms. The van der Waals surface area contributed by atoms with Crippen LogP contribution >= 0.6 is 23.2 Å². The minimum Gasteiger partial charge on any atom is -0.344 e. The van der Waals surface area contributed by atoms with Gasteiger partial charge in [0.2, 0.25) is 6.35 Å². The van der Waals surface area contributed by atoms with Gasteiger partial charge in [0, 0.05) is 18.5 Å². The maximum atomic E-state index is 7.17. The van der Waals surface area contributed by atoms with Crippen molar-refractivity contribution in [3.05, 3.63) is 58.7 Å². The van der Waals surface area contributed by atoms with Gasteiger partial charge in [-0.1, -0.05) is 115 Å². The van der Waals surface area contributed by atoms with Crippen molar-refractivity contribution >= 4 is 34.6 Å². The highest BCUT2D eigenvalue weighted by Crippen LogP contribution is 2.48. The summed E-state index contributed by atoms with van der Waals surface area (Å²) >= 11 is 14.3. The zero-order valence-corrected chi connectivity index (χ0v) is 23.1. The van der Waals surface area contributed by atoms with Crippen molar-refractivity contribution in [2.45, 2.75) is 96.4 Å². The minimum atomic E-state index is -0.450. The van der Waals surface area contributed by atoms with Crippen LogP contribution in [0.1, 0.15) is 101 Å². The van der Waals surface area contributed by atoms with Crippen LogP contribution in [-0.2, 0) is 4.74 Å². The molecule has 0 aromatic heterocycles. The highest BCUT2D eigenvalue weighted by atomic mass is 35.5. The maximum absolute atomic E-state index is 7.17. The molecule has 0 spiro atoms. The summed E-state index contributed by atoms with van der Waals surface area (Å²) in [5.41, 5.74) is 6.46. The van der Waals surface area contributed by atoms with Crippen molar-refractivity contribution in [3.8, 4) is 0 Å². The lowest BCUT2D eigenvalue weighted by atomic mass is 9.91. The summed E-state index contributed by atoms with van der Waals surface area (Å²) in [6, 6.07) is 13.1. The van der Waals surface area contributed by atoms with Gasteiger partial charge in [0.1, 0.15) is 11.0 Å². The predicted octanol–water partition coefficient (Wildman–Crippen LogP) is 8.57. The second-order valence-electron chi connectivity index (χ2n) is 10.3. The van der Waals surface area contributed by atoms with E-state index in [1.165, 1.54) is 22.3 Å². The van der Waals surface area contributed by atoms with Gasteiger partial charge in [-0.05, 0) is 45.9 Å². The second kappa shape index (κ2) is 10.5. The smallest absolute Gasteiger partial charge is 0.212 e. The molecular weight excluding hydrogens is 451 g/mol. The third kappa shape index (κ3) is 4.74. The number of hydrogen-bond acceptors (Lipinski definition) is 3. The molecule has 2 atom stereocenters. The van der Waals surface area contributed by atoms with Crippen LogP contribution in [0.5, 0.6) is 0 Å². The summed E-state index contributed by atoms with van der Waals surface area (Å²) < 4.78 is 6.21. The summed E-state index contributed by atoms with van der Waals surface area (Å²) in [6.07, 6.45) is -0.412. The Bertz CT molecular complexity index is 829. The van der Waals surface area contributed by atoms with Gasteiger partial charge in [0.15, 0.2) is 0 Å². The Labute approximate surface area is 211 Å². The van der Waals surface area contributed by atoms with E-state index in [-0.39, 0.29) is 0 Å². The molecule has 1 fully saturated rings. The van der Waals surface area contributed by atoms with Crippen molar-refractivity contribution in [1.82, 2.24) is 0 Å². The van der Waals surface area contributed by atoms with Crippen molar-refractivity contribution in [3.63, 3.8) is 0 Å². The van der Waals surface area contributed by atoms with E-state index in [0.29, 0.717) is 23.7 Å². The molecule has 2 unspecified atom stereocenters. The number of ether oxygens (including phenoxy) is 1. The Kier molecular flexibility index (Phi) is 8.30. The van der Waals surface area contributed by atoms with Crippen LogP contribution in [0.4, 0.5) is 11.4 Å². The van der Waals surface area contributed by atoms with Gasteiger partial charge in [-0.15, -0.1) is 0 Å². The molecule has 182 valence electrons. The quantitative estimate of drug-likeness (QED) is 0.285. The molecule has 0 amide bonds. The molecule has 3 nitrogen and oxygen atoms in total. The molecule has 33 heavy (non-hydrogen) atoms. The van der Waals surface area contributed by atoms with Gasteiger partial charge in [0.25, 0.3) is 0 Å². The molecular formula is C28H40Cl2N2O. The van der Waals surface area contributed by atoms with Crippen LogP contribution in [0.25, 0.3) is 0 Å². The first-order valence-electron chi connectivity index (χ1n) is 12.2. The first-order chi connectivity index (χ1) is 15.5. The first kappa shape index (κ1) is 26.2. The molecule has 2 aromatic carbocycles. The minimum absolute atomic E-state index is 0.345. The van der Waals surface area contributed by atoms with E-state index in [4.69, 9.17) is 27.9 Å². The number of hydrogen-bond donors (Lipinski definition) is 0. The molecule has 0 aliphatic carbocycles. The summed E-state index contributed by atoms with van der Waals surface area (Å²) in [4.78, 5) is 4.40. The van der Waals surface area contributed by atoms with E-state index in [1.807, 2.05) is 0 Å². The average molecular weight is 492 g/mol. The Morgan fingerprint density at radius 1 is 0.606 bits per heavy atom. The Morgan fingerprint density at radius 3 is 1.09 bits per heavy atom.